The van der Waals surface area contributed by atoms with E-state index in [4.69, 9.17) is 0 Å². The minimum Gasteiger partial charge on any atom is -0.392 e. The molecule has 1 aromatic carbocycles. The number of aliphatic hydroxyl groups excluding tert-OH is 1. The van der Waals surface area contributed by atoms with Crippen molar-refractivity contribution in [1.29, 1.82) is 0 Å². The zero-order valence-corrected chi connectivity index (χ0v) is 13.3. The van der Waals surface area contributed by atoms with Crippen molar-refractivity contribution in [1.82, 2.24) is 5.32 Å². The van der Waals surface area contributed by atoms with Gasteiger partial charge in [-0.15, -0.1) is 0 Å². The molecule has 0 heterocycles. The lowest BCUT2D eigenvalue weighted by atomic mass is 9.75. The molecule has 2 nitrogen and oxygen atoms in total. The first-order chi connectivity index (χ1) is 9.33. The van der Waals surface area contributed by atoms with Gasteiger partial charge in [0.2, 0.25) is 0 Å². The van der Waals surface area contributed by atoms with Crippen LogP contribution in [0, 0.1) is 12.3 Å². The molecule has 0 spiro atoms. The van der Waals surface area contributed by atoms with Gasteiger partial charge in [-0.1, -0.05) is 50.6 Å². The highest BCUT2D eigenvalue weighted by Gasteiger charge is 2.30. The summed E-state index contributed by atoms with van der Waals surface area (Å²) in [4.78, 5) is 0. The molecule has 1 fully saturated rings. The summed E-state index contributed by atoms with van der Waals surface area (Å²) in [6, 6.07) is 9.42. The first-order valence-electron chi connectivity index (χ1n) is 7.81. The third-order valence-corrected chi connectivity index (χ3v) is 4.14. The van der Waals surface area contributed by atoms with Crippen molar-refractivity contribution >= 4 is 0 Å². The zero-order valence-electron chi connectivity index (χ0n) is 13.3. The van der Waals surface area contributed by atoms with Crippen LogP contribution in [0.1, 0.15) is 57.1 Å². The van der Waals surface area contributed by atoms with Crippen LogP contribution in [0.25, 0.3) is 0 Å². The minimum atomic E-state index is -0.229. The number of hydrogen-bond donors (Lipinski definition) is 2. The summed E-state index contributed by atoms with van der Waals surface area (Å²) in [5.74, 6) is 0.701. The molecule has 0 bridgehead atoms. The van der Waals surface area contributed by atoms with E-state index in [1.54, 1.807) is 0 Å². The Morgan fingerprint density at radius 2 is 2.00 bits per heavy atom. The Bertz CT molecular complexity index is 429. The molecule has 0 aromatic heterocycles. The molecule has 0 saturated heterocycles. The van der Waals surface area contributed by atoms with Gasteiger partial charge in [-0.05, 0) is 43.1 Å². The maximum Gasteiger partial charge on any atom is 0.0669 e. The average Bonchev–Trinajstić information content (AvgIpc) is 2.24. The summed E-state index contributed by atoms with van der Waals surface area (Å²) >= 11 is 0. The fourth-order valence-electron chi connectivity index (χ4n) is 3.06. The number of nitrogens with one attached hydrogen (secondary N) is 1. The molecular formula is C18H29NO. The number of aliphatic hydroxyl groups is 1. The van der Waals surface area contributed by atoms with E-state index in [0.717, 1.165) is 13.0 Å². The van der Waals surface area contributed by atoms with Crippen LogP contribution >= 0.6 is 0 Å². The Morgan fingerprint density at radius 1 is 1.30 bits per heavy atom. The molecule has 112 valence electrons. The van der Waals surface area contributed by atoms with E-state index in [0.29, 0.717) is 12.0 Å². The number of hydrogen-bond acceptors (Lipinski definition) is 2. The van der Waals surface area contributed by atoms with E-state index in [1.165, 1.54) is 24.0 Å². The predicted octanol–water partition coefficient (Wildman–Crippen LogP) is 3.63. The predicted molar refractivity (Wildman–Crippen MR) is 85.0 cm³/mol. The molecule has 1 aromatic rings. The molecule has 1 aliphatic rings. The molecule has 20 heavy (non-hydrogen) atoms. The Balaban J connectivity index is 1.69. The SMILES string of the molecule is Cc1cccc(C2CC(NCC(O)CC(C)(C)C)C2)c1. The molecule has 1 unspecified atom stereocenters. The van der Waals surface area contributed by atoms with Gasteiger partial charge < -0.3 is 10.4 Å². The molecule has 2 heteroatoms. The van der Waals surface area contributed by atoms with E-state index in [-0.39, 0.29) is 11.5 Å². The molecule has 0 radical (unpaired) electrons. The zero-order chi connectivity index (χ0) is 14.8. The van der Waals surface area contributed by atoms with Crippen LogP contribution < -0.4 is 5.32 Å². The Labute approximate surface area is 123 Å². The maximum atomic E-state index is 10.0. The maximum absolute atomic E-state index is 10.0. The van der Waals surface area contributed by atoms with E-state index < -0.39 is 0 Å². The lowest BCUT2D eigenvalue weighted by Crippen LogP contribution is -2.44. The third kappa shape index (κ3) is 4.60. The second kappa shape index (κ2) is 6.28. The summed E-state index contributed by atoms with van der Waals surface area (Å²) in [7, 11) is 0. The standard InChI is InChI=1S/C18H29NO/c1-13-6-5-7-14(8-13)15-9-16(10-15)19-12-17(20)11-18(2,3)4/h5-8,15-17,19-20H,9-12H2,1-4H3. The highest BCUT2D eigenvalue weighted by Crippen LogP contribution is 2.37. The summed E-state index contributed by atoms with van der Waals surface area (Å²) in [5.41, 5.74) is 3.02. The molecule has 1 atom stereocenters. The molecule has 1 saturated carbocycles. The van der Waals surface area contributed by atoms with Crippen LogP contribution in [0.2, 0.25) is 0 Å². The van der Waals surface area contributed by atoms with Gasteiger partial charge in [0.1, 0.15) is 0 Å². The fourth-order valence-corrected chi connectivity index (χ4v) is 3.06. The summed E-state index contributed by atoms with van der Waals surface area (Å²) in [6.07, 6.45) is 3.03. The van der Waals surface area contributed by atoms with Gasteiger partial charge in [-0.2, -0.15) is 0 Å². The first-order valence-corrected chi connectivity index (χ1v) is 7.81. The van der Waals surface area contributed by atoms with Crippen molar-refractivity contribution in [3.8, 4) is 0 Å². The van der Waals surface area contributed by atoms with Crippen molar-refractivity contribution in [3.05, 3.63) is 35.4 Å². The van der Waals surface area contributed by atoms with Gasteiger partial charge >= 0.3 is 0 Å². The second-order valence-electron chi connectivity index (χ2n) is 7.61. The van der Waals surface area contributed by atoms with Crippen LogP contribution in [0.15, 0.2) is 24.3 Å². The normalized spacial score (nSPS) is 24.2. The van der Waals surface area contributed by atoms with E-state index in [9.17, 15) is 5.11 Å². The Kier molecular flexibility index (Phi) is 4.87. The number of benzene rings is 1. The number of aryl methyl sites for hydroxylation is 1. The first kappa shape index (κ1) is 15.5. The van der Waals surface area contributed by atoms with E-state index >= 15 is 0 Å². The second-order valence-corrected chi connectivity index (χ2v) is 7.61. The Hall–Kier alpha value is -0.860. The fraction of sp³-hybridized carbons (Fsp3) is 0.667. The quantitative estimate of drug-likeness (QED) is 0.860. The lowest BCUT2D eigenvalue weighted by molar-refractivity contribution is 0.110. The van der Waals surface area contributed by atoms with Gasteiger partial charge in [0.15, 0.2) is 0 Å². The van der Waals surface area contributed by atoms with Crippen LogP contribution in [0.5, 0.6) is 0 Å². The van der Waals surface area contributed by atoms with Crippen molar-refractivity contribution in [2.45, 2.75) is 65.0 Å². The monoisotopic (exact) mass is 275 g/mol. The summed E-state index contributed by atoms with van der Waals surface area (Å²) < 4.78 is 0. The Morgan fingerprint density at radius 3 is 2.60 bits per heavy atom. The van der Waals surface area contributed by atoms with Gasteiger partial charge in [-0.25, -0.2) is 0 Å². The lowest BCUT2D eigenvalue weighted by Gasteiger charge is -2.37. The molecule has 0 amide bonds. The highest BCUT2D eigenvalue weighted by molar-refractivity contribution is 5.27. The van der Waals surface area contributed by atoms with Crippen molar-refractivity contribution in [2.75, 3.05) is 6.54 Å². The molecule has 1 aliphatic carbocycles. The topological polar surface area (TPSA) is 32.3 Å². The third-order valence-electron chi connectivity index (χ3n) is 4.14. The molecular weight excluding hydrogens is 246 g/mol. The average molecular weight is 275 g/mol. The summed E-state index contributed by atoms with van der Waals surface area (Å²) in [5, 5.41) is 13.5. The van der Waals surface area contributed by atoms with Crippen molar-refractivity contribution in [3.63, 3.8) is 0 Å². The van der Waals surface area contributed by atoms with Crippen LogP contribution in [0.3, 0.4) is 0 Å². The van der Waals surface area contributed by atoms with Gasteiger partial charge in [0, 0.05) is 12.6 Å². The summed E-state index contributed by atoms with van der Waals surface area (Å²) in [6.45, 7) is 9.40. The van der Waals surface area contributed by atoms with Gasteiger partial charge in [0.05, 0.1) is 6.10 Å². The van der Waals surface area contributed by atoms with Crippen molar-refractivity contribution in [2.24, 2.45) is 5.41 Å². The molecule has 2 rings (SSSR count). The van der Waals surface area contributed by atoms with Crippen LogP contribution in [0.4, 0.5) is 0 Å². The van der Waals surface area contributed by atoms with Gasteiger partial charge in [-0.3, -0.25) is 0 Å². The largest absolute Gasteiger partial charge is 0.392 e. The van der Waals surface area contributed by atoms with Crippen LogP contribution in [-0.2, 0) is 0 Å². The molecule has 0 aliphatic heterocycles. The minimum absolute atomic E-state index is 0.199. The number of rotatable bonds is 5. The van der Waals surface area contributed by atoms with Crippen molar-refractivity contribution < 1.29 is 5.11 Å². The van der Waals surface area contributed by atoms with Crippen LogP contribution in [-0.4, -0.2) is 23.8 Å². The van der Waals surface area contributed by atoms with E-state index in [1.807, 2.05) is 0 Å². The van der Waals surface area contributed by atoms with Gasteiger partial charge in [0.25, 0.3) is 0 Å². The smallest absolute Gasteiger partial charge is 0.0669 e. The molecule has 2 N–H and O–H groups in total. The highest BCUT2D eigenvalue weighted by atomic mass is 16.3. The van der Waals surface area contributed by atoms with E-state index in [2.05, 4.69) is 57.3 Å².